The molecule has 4 rings (SSSR count). The maximum atomic E-state index is 8.76. The molecular weight excluding hydrogens is 336 g/mol. The van der Waals surface area contributed by atoms with Gasteiger partial charge in [-0.1, -0.05) is 30.3 Å². The maximum Gasteiger partial charge on any atom is 0.150 e. The molecule has 2 heterocycles. The SMILES string of the molecule is COc1ccc(-n2c(C)c(C)c3c(=N)n(Cc4ccccc4)cnc32)cc1. The van der Waals surface area contributed by atoms with Gasteiger partial charge in [-0.25, -0.2) is 4.98 Å². The van der Waals surface area contributed by atoms with Crippen LogP contribution in [0.15, 0.2) is 60.9 Å². The largest absolute Gasteiger partial charge is 0.497 e. The van der Waals surface area contributed by atoms with Gasteiger partial charge in [-0.05, 0) is 49.2 Å². The van der Waals surface area contributed by atoms with Gasteiger partial charge in [0.15, 0.2) is 0 Å². The number of nitrogens with zero attached hydrogens (tertiary/aromatic N) is 3. The Morgan fingerprint density at radius 2 is 1.70 bits per heavy atom. The van der Waals surface area contributed by atoms with Crippen LogP contribution < -0.4 is 10.2 Å². The number of ether oxygens (including phenoxy) is 1. The molecule has 136 valence electrons. The van der Waals surface area contributed by atoms with E-state index < -0.39 is 0 Å². The number of fused-ring (bicyclic) bond motifs is 1. The number of nitrogens with one attached hydrogen (secondary N) is 1. The highest BCUT2D eigenvalue weighted by Crippen LogP contribution is 2.26. The van der Waals surface area contributed by atoms with E-state index in [-0.39, 0.29) is 0 Å². The minimum atomic E-state index is 0.483. The molecule has 0 bridgehead atoms. The molecule has 2 aromatic carbocycles. The van der Waals surface area contributed by atoms with Gasteiger partial charge in [0, 0.05) is 11.4 Å². The predicted molar refractivity (Wildman–Crippen MR) is 106 cm³/mol. The topological polar surface area (TPSA) is 55.8 Å². The van der Waals surface area contributed by atoms with Crippen LogP contribution in [0.25, 0.3) is 16.7 Å². The average Bonchev–Trinajstić information content (AvgIpc) is 2.96. The molecule has 2 aromatic heterocycles. The van der Waals surface area contributed by atoms with Crippen molar-refractivity contribution >= 4 is 11.0 Å². The summed E-state index contributed by atoms with van der Waals surface area (Å²) in [5.74, 6) is 0.819. The molecule has 0 atom stereocenters. The van der Waals surface area contributed by atoms with Gasteiger partial charge in [0.1, 0.15) is 16.9 Å². The third-order valence-electron chi connectivity index (χ3n) is 5.06. The molecule has 4 aromatic rings. The molecule has 0 amide bonds. The molecule has 0 unspecified atom stereocenters. The van der Waals surface area contributed by atoms with E-state index >= 15 is 0 Å². The number of aromatic nitrogens is 3. The lowest BCUT2D eigenvalue weighted by Crippen LogP contribution is -2.21. The van der Waals surface area contributed by atoms with E-state index in [1.807, 2.05) is 47.0 Å². The molecule has 0 fully saturated rings. The molecule has 0 aliphatic rings. The van der Waals surface area contributed by atoms with E-state index in [4.69, 9.17) is 15.1 Å². The summed E-state index contributed by atoms with van der Waals surface area (Å²) in [5.41, 5.74) is 5.63. The molecule has 0 radical (unpaired) electrons. The number of rotatable bonds is 4. The Morgan fingerprint density at radius 1 is 1.00 bits per heavy atom. The lowest BCUT2D eigenvalue weighted by atomic mass is 10.2. The van der Waals surface area contributed by atoms with Crippen molar-refractivity contribution < 1.29 is 4.74 Å². The molecule has 0 aliphatic carbocycles. The van der Waals surface area contributed by atoms with Gasteiger partial charge in [0.05, 0.1) is 25.4 Å². The lowest BCUT2D eigenvalue weighted by molar-refractivity contribution is 0.415. The number of methoxy groups -OCH3 is 1. The minimum absolute atomic E-state index is 0.483. The number of hydrogen-bond donors (Lipinski definition) is 1. The first-order chi connectivity index (χ1) is 13.1. The van der Waals surface area contributed by atoms with Crippen LogP contribution in [0.1, 0.15) is 16.8 Å². The van der Waals surface area contributed by atoms with Crippen LogP contribution in [-0.2, 0) is 6.54 Å². The molecule has 0 aliphatic heterocycles. The van der Waals surface area contributed by atoms with Gasteiger partial charge in [-0.3, -0.25) is 9.98 Å². The highest BCUT2D eigenvalue weighted by atomic mass is 16.5. The summed E-state index contributed by atoms with van der Waals surface area (Å²) in [4.78, 5) is 4.71. The smallest absolute Gasteiger partial charge is 0.150 e. The summed E-state index contributed by atoms with van der Waals surface area (Å²) in [6, 6.07) is 18.1. The quantitative estimate of drug-likeness (QED) is 0.600. The zero-order valence-corrected chi connectivity index (χ0v) is 15.7. The Labute approximate surface area is 158 Å². The van der Waals surface area contributed by atoms with Gasteiger partial charge >= 0.3 is 0 Å². The van der Waals surface area contributed by atoms with Crippen LogP contribution in [0.5, 0.6) is 5.75 Å². The molecule has 5 heteroatoms. The second-order valence-electron chi connectivity index (χ2n) is 6.65. The van der Waals surface area contributed by atoms with Gasteiger partial charge in [0.2, 0.25) is 0 Å². The summed E-state index contributed by atoms with van der Waals surface area (Å²) in [6.45, 7) is 4.77. The van der Waals surface area contributed by atoms with E-state index in [0.29, 0.717) is 12.0 Å². The van der Waals surface area contributed by atoms with Crippen LogP contribution in [0.2, 0.25) is 0 Å². The van der Waals surface area contributed by atoms with Gasteiger partial charge < -0.3 is 9.30 Å². The van der Waals surface area contributed by atoms with Crippen molar-refractivity contribution in [3.8, 4) is 11.4 Å². The number of benzene rings is 2. The van der Waals surface area contributed by atoms with Crippen molar-refractivity contribution in [2.24, 2.45) is 0 Å². The van der Waals surface area contributed by atoms with Crippen molar-refractivity contribution in [1.29, 1.82) is 5.41 Å². The third-order valence-corrected chi connectivity index (χ3v) is 5.06. The number of aryl methyl sites for hydroxylation is 1. The fourth-order valence-electron chi connectivity index (χ4n) is 3.47. The summed E-state index contributed by atoms with van der Waals surface area (Å²) < 4.78 is 9.26. The summed E-state index contributed by atoms with van der Waals surface area (Å²) in [7, 11) is 1.66. The standard InChI is InChI=1S/C22H22N4O/c1-15-16(2)26(18-9-11-19(27-3)12-10-18)22-20(15)21(23)25(14-24-22)13-17-7-5-4-6-8-17/h4-12,14,23H,13H2,1-3H3. The number of hydrogen-bond acceptors (Lipinski definition) is 3. The van der Waals surface area contributed by atoms with Gasteiger partial charge in [-0.2, -0.15) is 0 Å². The summed E-state index contributed by atoms with van der Waals surface area (Å²) in [5, 5.41) is 9.65. The second-order valence-corrected chi connectivity index (χ2v) is 6.65. The molecule has 5 nitrogen and oxygen atoms in total. The highest BCUT2D eigenvalue weighted by molar-refractivity contribution is 5.82. The van der Waals surface area contributed by atoms with E-state index in [1.165, 1.54) is 0 Å². The van der Waals surface area contributed by atoms with E-state index in [9.17, 15) is 0 Å². The van der Waals surface area contributed by atoms with Crippen molar-refractivity contribution in [2.75, 3.05) is 7.11 Å². The van der Waals surface area contributed by atoms with E-state index in [2.05, 4.69) is 30.5 Å². The zero-order valence-electron chi connectivity index (χ0n) is 15.7. The lowest BCUT2D eigenvalue weighted by Gasteiger charge is -2.10. The van der Waals surface area contributed by atoms with Gasteiger partial charge in [0.25, 0.3) is 0 Å². The molecule has 0 saturated carbocycles. The normalized spacial score (nSPS) is 11.1. The van der Waals surface area contributed by atoms with Gasteiger partial charge in [-0.15, -0.1) is 0 Å². The van der Waals surface area contributed by atoms with Crippen LogP contribution in [0.3, 0.4) is 0 Å². The Hall–Kier alpha value is -3.34. The minimum Gasteiger partial charge on any atom is -0.497 e. The monoisotopic (exact) mass is 358 g/mol. The summed E-state index contributed by atoms with van der Waals surface area (Å²) in [6.07, 6.45) is 1.76. The van der Waals surface area contributed by atoms with Crippen molar-refractivity contribution in [3.63, 3.8) is 0 Å². The Kier molecular flexibility index (Phi) is 4.28. The van der Waals surface area contributed by atoms with Crippen molar-refractivity contribution in [2.45, 2.75) is 20.4 Å². The second kappa shape index (κ2) is 6.76. The molecule has 27 heavy (non-hydrogen) atoms. The van der Waals surface area contributed by atoms with Crippen LogP contribution in [-0.4, -0.2) is 21.2 Å². The fraction of sp³-hybridized carbons (Fsp3) is 0.182. The molecular formula is C22H22N4O. The predicted octanol–water partition coefficient (Wildman–Crippen LogP) is 3.98. The van der Waals surface area contributed by atoms with Crippen molar-refractivity contribution in [3.05, 3.63) is 83.2 Å². The Bertz CT molecular complexity index is 1160. The highest BCUT2D eigenvalue weighted by Gasteiger charge is 2.16. The zero-order chi connectivity index (χ0) is 19.0. The van der Waals surface area contributed by atoms with Crippen LogP contribution in [0.4, 0.5) is 0 Å². The van der Waals surface area contributed by atoms with Crippen molar-refractivity contribution in [1.82, 2.24) is 14.1 Å². The molecule has 1 N–H and O–H groups in total. The Morgan fingerprint density at radius 3 is 2.37 bits per heavy atom. The molecule has 0 spiro atoms. The average molecular weight is 358 g/mol. The van der Waals surface area contributed by atoms with Crippen LogP contribution >= 0.6 is 0 Å². The van der Waals surface area contributed by atoms with E-state index in [0.717, 1.165) is 39.3 Å². The van der Waals surface area contributed by atoms with Crippen LogP contribution in [0, 0.1) is 19.3 Å². The first kappa shape index (κ1) is 17.1. The maximum absolute atomic E-state index is 8.76. The van der Waals surface area contributed by atoms with E-state index in [1.54, 1.807) is 13.4 Å². The first-order valence-corrected chi connectivity index (χ1v) is 8.90. The first-order valence-electron chi connectivity index (χ1n) is 8.90. The molecule has 0 saturated heterocycles. The third kappa shape index (κ3) is 2.91. The summed E-state index contributed by atoms with van der Waals surface area (Å²) >= 11 is 0. The Balaban J connectivity index is 1.87. The fourth-order valence-corrected chi connectivity index (χ4v) is 3.47.